The van der Waals surface area contributed by atoms with Crippen molar-refractivity contribution in [1.82, 2.24) is 4.90 Å². The molecule has 10 heteroatoms. The summed E-state index contributed by atoms with van der Waals surface area (Å²) in [5.41, 5.74) is 4.20. The Hall–Kier alpha value is -4.12. The molecule has 0 bridgehead atoms. The van der Waals surface area contributed by atoms with Gasteiger partial charge in [0, 0.05) is 43.9 Å². The maximum atomic E-state index is 12.6. The fraction of sp³-hybridized carbons (Fsp3) is 0.474. The van der Waals surface area contributed by atoms with E-state index in [2.05, 4.69) is 17.4 Å². The summed E-state index contributed by atoms with van der Waals surface area (Å²) in [6.45, 7) is 6.69. The van der Waals surface area contributed by atoms with E-state index in [4.69, 9.17) is 23.7 Å². The average Bonchev–Trinajstić information content (AvgIpc) is 3.32. The minimum atomic E-state index is -0.948. The van der Waals surface area contributed by atoms with E-state index < -0.39 is 11.5 Å². The van der Waals surface area contributed by atoms with E-state index >= 15 is 0 Å². The van der Waals surface area contributed by atoms with Gasteiger partial charge in [-0.25, -0.2) is 4.79 Å². The Morgan fingerprint density at radius 1 is 1.02 bits per heavy atom. The molecule has 3 atom stereocenters. The molecule has 258 valence electrons. The standard InChI is InChI=1S/C38H48N2O8/c1-38(2)31-17-14-27(23-32(31)39-36(38)41)34(11-7-20-44-3)48-35-24-40(37(42)43)19-18-30(35)26-12-15-29(16-13-26)47-22-8-21-46-25-28-9-5-6-10-33(28)45-4/h5-6,9-10,12-17,23,30,34-35H,7-8,11,18-22,24-25H2,1-4H3,(H,39,41)(H,42,43). The zero-order valence-corrected chi connectivity index (χ0v) is 28.4. The van der Waals surface area contributed by atoms with Crippen LogP contribution in [0.3, 0.4) is 0 Å². The first-order valence-corrected chi connectivity index (χ1v) is 16.7. The van der Waals surface area contributed by atoms with Crippen LogP contribution in [0, 0.1) is 0 Å². The third-order valence-corrected chi connectivity index (χ3v) is 9.35. The van der Waals surface area contributed by atoms with Gasteiger partial charge in [-0.15, -0.1) is 0 Å². The number of carbonyl (C=O) groups is 2. The number of carboxylic acid groups (broad SMARTS) is 1. The van der Waals surface area contributed by atoms with E-state index in [9.17, 15) is 14.7 Å². The first-order chi connectivity index (χ1) is 23.2. The summed E-state index contributed by atoms with van der Waals surface area (Å²) >= 11 is 0. The molecule has 5 rings (SSSR count). The molecule has 0 spiro atoms. The molecule has 2 heterocycles. The van der Waals surface area contributed by atoms with Crippen LogP contribution in [0.5, 0.6) is 11.5 Å². The SMILES string of the molecule is COCCCC(OC1CN(C(=O)O)CCC1c1ccc(OCCCOCc2ccccc2OC)cc1)c1ccc2c(c1)NC(=O)C2(C)C. The number of fused-ring (bicyclic) bond motifs is 1. The second-order valence-electron chi connectivity index (χ2n) is 12.9. The molecule has 0 radical (unpaired) electrons. The van der Waals surface area contributed by atoms with Crippen molar-refractivity contribution in [3.05, 3.63) is 89.0 Å². The molecular formula is C38H48N2O8. The van der Waals surface area contributed by atoms with Gasteiger partial charge in [0.15, 0.2) is 0 Å². The number of ether oxygens (including phenoxy) is 5. The summed E-state index contributed by atoms with van der Waals surface area (Å²) in [6.07, 6.45) is 1.22. The molecule has 0 aliphatic carbocycles. The Morgan fingerprint density at radius 2 is 1.81 bits per heavy atom. The largest absolute Gasteiger partial charge is 0.496 e. The fourth-order valence-corrected chi connectivity index (χ4v) is 6.52. The van der Waals surface area contributed by atoms with Crippen LogP contribution in [0.1, 0.15) is 73.8 Å². The number of hydrogen-bond acceptors (Lipinski definition) is 7. The molecule has 2 N–H and O–H groups in total. The number of benzene rings is 3. The lowest BCUT2D eigenvalue weighted by Gasteiger charge is -2.39. The Kier molecular flexibility index (Phi) is 12.0. The van der Waals surface area contributed by atoms with E-state index in [1.807, 2.05) is 68.4 Å². The molecule has 2 aliphatic heterocycles. The van der Waals surface area contributed by atoms with Crippen LogP contribution in [0.2, 0.25) is 0 Å². The molecule has 2 aliphatic rings. The Bertz CT molecular complexity index is 1530. The molecule has 48 heavy (non-hydrogen) atoms. The first kappa shape index (κ1) is 35.2. The average molecular weight is 661 g/mol. The summed E-state index contributed by atoms with van der Waals surface area (Å²) in [5.74, 6) is 1.56. The summed E-state index contributed by atoms with van der Waals surface area (Å²) in [7, 11) is 3.33. The number of piperidine rings is 1. The lowest BCUT2D eigenvalue weighted by Crippen LogP contribution is -2.46. The van der Waals surface area contributed by atoms with Gasteiger partial charge in [-0.2, -0.15) is 0 Å². The molecule has 3 unspecified atom stereocenters. The minimum Gasteiger partial charge on any atom is -0.496 e. The predicted octanol–water partition coefficient (Wildman–Crippen LogP) is 6.93. The van der Waals surface area contributed by atoms with Gasteiger partial charge in [0.25, 0.3) is 0 Å². The van der Waals surface area contributed by atoms with Crippen molar-refractivity contribution in [1.29, 1.82) is 0 Å². The Labute approximate surface area is 283 Å². The number of amides is 2. The van der Waals surface area contributed by atoms with Gasteiger partial charge in [0.05, 0.1) is 51.1 Å². The normalized spacial score (nSPS) is 19.0. The number of likely N-dealkylation sites (tertiary alicyclic amines) is 1. The van der Waals surface area contributed by atoms with E-state index in [1.165, 1.54) is 4.90 Å². The van der Waals surface area contributed by atoms with Crippen molar-refractivity contribution in [2.24, 2.45) is 0 Å². The summed E-state index contributed by atoms with van der Waals surface area (Å²) in [4.78, 5) is 26.1. The number of hydrogen-bond donors (Lipinski definition) is 2. The molecular weight excluding hydrogens is 612 g/mol. The van der Waals surface area contributed by atoms with Crippen LogP contribution in [-0.2, 0) is 31.0 Å². The third-order valence-electron chi connectivity index (χ3n) is 9.35. The van der Waals surface area contributed by atoms with Gasteiger partial charge in [-0.05, 0) is 74.1 Å². The number of nitrogens with one attached hydrogen (secondary N) is 1. The predicted molar refractivity (Wildman–Crippen MR) is 183 cm³/mol. The lowest BCUT2D eigenvalue weighted by molar-refractivity contribution is -0.119. The number of para-hydroxylation sites is 1. The van der Waals surface area contributed by atoms with E-state index in [0.29, 0.717) is 45.8 Å². The van der Waals surface area contributed by atoms with Gasteiger partial charge in [-0.3, -0.25) is 4.79 Å². The van der Waals surface area contributed by atoms with Gasteiger partial charge in [0.2, 0.25) is 5.91 Å². The van der Waals surface area contributed by atoms with Crippen LogP contribution < -0.4 is 14.8 Å². The van der Waals surface area contributed by atoms with Crippen molar-refractivity contribution in [3.63, 3.8) is 0 Å². The topological polar surface area (TPSA) is 116 Å². The van der Waals surface area contributed by atoms with Crippen LogP contribution in [-0.4, -0.2) is 75.2 Å². The van der Waals surface area contributed by atoms with Crippen LogP contribution in [0.25, 0.3) is 0 Å². The first-order valence-electron chi connectivity index (χ1n) is 16.7. The molecule has 10 nitrogen and oxygen atoms in total. The molecule has 2 amide bonds. The zero-order valence-electron chi connectivity index (χ0n) is 28.4. The lowest BCUT2D eigenvalue weighted by atomic mass is 9.85. The van der Waals surface area contributed by atoms with Crippen molar-refractivity contribution < 1.29 is 38.4 Å². The maximum absolute atomic E-state index is 12.6. The third kappa shape index (κ3) is 8.47. The van der Waals surface area contributed by atoms with Crippen LogP contribution >= 0.6 is 0 Å². The molecule has 0 aromatic heterocycles. The van der Waals surface area contributed by atoms with Gasteiger partial charge >= 0.3 is 6.09 Å². The summed E-state index contributed by atoms with van der Waals surface area (Å²) < 4.78 is 29.4. The monoisotopic (exact) mass is 660 g/mol. The molecule has 3 aromatic rings. The van der Waals surface area contributed by atoms with Crippen LogP contribution in [0.4, 0.5) is 10.5 Å². The molecule has 3 aromatic carbocycles. The second kappa shape index (κ2) is 16.3. The highest BCUT2D eigenvalue weighted by Gasteiger charge is 2.39. The summed E-state index contributed by atoms with van der Waals surface area (Å²) in [6, 6.07) is 21.9. The van der Waals surface area contributed by atoms with Crippen molar-refractivity contribution >= 4 is 17.7 Å². The smallest absolute Gasteiger partial charge is 0.407 e. The van der Waals surface area contributed by atoms with Gasteiger partial charge < -0.3 is 39.0 Å². The number of methoxy groups -OCH3 is 2. The van der Waals surface area contributed by atoms with Gasteiger partial charge in [-0.1, -0.05) is 42.5 Å². The van der Waals surface area contributed by atoms with E-state index in [-0.39, 0.29) is 30.6 Å². The molecule has 0 saturated carbocycles. The van der Waals surface area contributed by atoms with E-state index in [1.54, 1.807) is 14.2 Å². The number of nitrogens with zero attached hydrogens (tertiary/aromatic N) is 1. The minimum absolute atomic E-state index is 0.00369. The number of rotatable bonds is 16. The van der Waals surface area contributed by atoms with Gasteiger partial charge in [0.1, 0.15) is 11.5 Å². The van der Waals surface area contributed by atoms with Crippen molar-refractivity contribution in [2.75, 3.05) is 52.4 Å². The molecule has 1 saturated heterocycles. The Balaban J connectivity index is 1.23. The quantitative estimate of drug-likeness (QED) is 0.159. The zero-order chi connectivity index (χ0) is 34.1. The number of carbonyl (C=O) groups excluding carboxylic acids is 1. The second-order valence-corrected chi connectivity index (χ2v) is 12.9. The number of anilines is 1. The van der Waals surface area contributed by atoms with Crippen molar-refractivity contribution in [2.45, 2.75) is 69.7 Å². The fourth-order valence-electron chi connectivity index (χ4n) is 6.52. The highest BCUT2D eigenvalue weighted by molar-refractivity contribution is 6.05. The maximum Gasteiger partial charge on any atom is 0.407 e. The molecule has 1 fully saturated rings. The van der Waals surface area contributed by atoms with Crippen LogP contribution in [0.15, 0.2) is 66.7 Å². The Morgan fingerprint density at radius 3 is 2.56 bits per heavy atom. The van der Waals surface area contributed by atoms with E-state index in [0.717, 1.165) is 52.3 Å². The van der Waals surface area contributed by atoms with Crippen molar-refractivity contribution in [3.8, 4) is 11.5 Å². The summed E-state index contributed by atoms with van der Waals surface area (Å²) in [5, 5.41) is 12.9. The highest BCUT2D eigenvalue weighted by Crippen LogP contribution is 2.41. The highest BCUT2D eigenvalue weighted by atomic mass is 16.5.